The number of aromatic nitrogens is 1. The Balaban J connectivity index is 1.28. The first-order valence-electron chi connectivity index (χ1n) is 10.6. The molecule has 0 aliphatic carbocycles. The Labute approximate surface area is 176 Å². The highest BCUT2D eigenvalue weighted by atomic mass is 16.2. The number of fused-ring (bicyclic) bond motifs is 1. The van der Waals surface area contributed by atoms with Gasteiger partial charge in [0.15, 0.2) is 6.17 Å². The van der Waals surface area contributed by atoms with Gasteiger partial charge in [-0.2, -0.15) is 0 Å². The van der Waals surface area contributed by atoms with Crippen LogP contribution in [0.25, 0.3) is 0 Å². The van der Waals surface area contributed by atoms with Crippen LogP contribution in [0, 0.1) is 11.8 Å². The van der Waals surface area contributed by atoms with E-state index < -0.39 is 0 Å². The Morgan fingerprint density at radius 2 is 2.00 bits per heavy atom. The molecule has 0 spiro atoms. The molecule has 8 nitrogen and oxygen atoms in total. The summed E-state index contributed by atoms with van der Waals surface area (Å²) in [5.74, 6) is 1.84. The lowest BCUT2D eigenvalue weighted by Gasteiger charge is -2.26. The molecule has 156 valence electrons. The number of hydrogen-bond acceptors (Lipinski definition) is 7. The monoisotopic (exact) mass is 405 g/mol. The number of nitrogens with zero attached hydrogens (tertiary/aromatic N) is 6. The zero-order valence-electron chi connectivity index (χ0n) is 17.4. The van der Waals surface area contributed by atoms with Crippen LogP contribution in [-0.2, 0) is 0 Å². The highest BCUT2D eigenvalue weighted by molar-refractivity contribution is 5.98. The molecule has 4 aliphatic heterocycles. The number of allylic oxidation sites excluding steroid dienone is 1. The van der Waals surface area contributed by atoms with Crippen LogP contribution in [0.1, 0.15) is 42.5 Å². The first-order chi connectivity index (χ1) is 14.6. The van der Waals surface area contributed by atoms with Gasteiger partial charge in [-0.25, -0.2) is 9.98 Å². The summed E-state index contributed by atoms with van der Waals surface area (Å²) in [4.78, 5) is 35.9. The minimum absolute atomic E-state index is 0.0445. The third-order valence-electron chi connectivity index (χ3n) is 6.27. The van der Waals surface area contributed by atoms with E-state index in [1.54, 1.807) is 12.4 Å². The van der Waals surface area contributed by atoms with Crippen molar-refractivity contribution in [1.29, 1.82) is 0 Å². The number of aliphatic imine (C=N–C) groups is 3. The van der Waals surface area contributed by atoms with E-state index in [1.165, 1.54) is 0 Å². The van der Waals surface area contributed by atoms with E-state index >= 15 is 0 Å². The highest BCUT2D eigenvalue weighted by Crippen LogP contribution is 2.33. The number of nitrogens with one attached hydrogen (secondary N) is 1. The molecule has 8 heteroatoms. The smallest absolute Gasteiger partial charge is 0.255 e. The Bertz CT molecular complexity index is 952. The van der Waals surface area contributed by atoms with Crippen molar-refractivity contribution in [2.45, 2.75) is 32.5 Å². The van der Waals surface area contributed by atoms with Gasteiger partial charge in [0.1, 0.15) is 0 Å². The van der Waals surface area contributed by atoms with Crippen molar-refractivity contribution in [3.8, 4) is 0 Å². The fourth-order valence-corrected chi connectivity index (χ4v) is 4.89. The molecule has 0 saturated carbocycles. The molecule has 1 amide bonds. The van der Waals surface area contributed by atoms with Gasteiger partial charge in [0.25, 0.3) is 5.91 Å². The Kier molecular flexibility index (Phi) is 4.84. The minimum atomic E-state index is -0.319. The first kappa shape index (κ1) is 19.0. The van der Waals surface area contributed by atoms with Crippen molar-refractivity contribution >= 4 is 23.8 Å². The second-order valence-corrected chi connectivity index (χ2v) is 8.63. The van der Waals surface area contributed by atoms with Crippen LogP contribution < -0.4 is 5.32 Å². The lowest BCUT2D eigenvalue weighted by Crippen LogP contribution is -2.37. The molecular formula is C22H27N7O. The summed E-state index contributed by atoms with van der Waals surface area (Å²) in [5, 5.41) is 3.17. The number of carbonyl (C=O) groups excluding carboxylic acids is 1. The van der Waals surface area contributed by atoms with Crippen LogP contribution in [0.4, 0.5) is 0 Å². The van der Waals surface area contributed by atoms with Gasteiger partial charge in [-0.1, -0.05) is 0 Å². The van der Waals surface area contributed by atoms with Crippen LogP contribution in [0.3, 0.4) is 0 Å². The Morgan fingerprint density at radius 1 is 1.20 bits per heavy atom. The van der Waals surface area contributed by atoms with E-state index in [2.05, 4.69) is 39.0 Å². The summed E-state index contributed by atoms with van der Waals surface area (Å²) in [6.45, 7) is 7.57. The first-order valence-corrected chi connectivity index (χ1v) is 10.6. The number of carbonyl (C=O) groups is 1. The highest BCUT2D eigenvalue weighted by Gasteiger charge is 2.43. The SMILES string of the molecule is CC1=NC(N2CC3CN(C(=O)c4cccnc4C4N=CC=CN4)CC3C2)=NC(C)C1. The topological polar surface area (TPSA) is 85.5 Å². The second kappa shape index (κ2) is 7.66. The van der Waals surface area contributed by atoms with Crippen LogP contribution in [0.2, 0.25) is 0 Å². The number of hydrogen-bond donors (Lipinski definition) is 1. The van der Waals surface area contributed by atoms with Crippen LogP contribution in [0.15, 0.2) is 45.6 Å². The van der Waals surface area contributed by atoms with Gasteiger partial charge in [0, 0.05) is 62.6 Å². The zero-order valence-corrected chi connectivity index (χ0v) is 17.4. The third kappa shape index (κ3) is 3.51. The average Bonchev–Trinajstić information content (AvgIpc) is 3.33. The average molecular weight is 406 g/mol. The van der Waals surface area contributed by atoms with Gasteiger partial charge < -0.3 is 15.1 Å². The molecule has 0 aromatic carbocycles. The molecule has 2 saturated heterocycles. The lowest BCUT2D eigenvalue weighted by atomic mass is 10.0. The number of amides is 1. The van der Waals surface area contributed by atoms with Gasteiger partial charge in [-0.05, 0) is 38.3 Å². The summed E-state index contributed by atoms with van der Waals surface area (Å²) in [7, 11) is 0. The standard InChI is InChI=1S/C22H27N7O/c1-14-9-15(2)27-22(26-14)29-12-16-10-28(11-17(16)13-29)21(30)18-5-3-6-23-19(18)20-24-7-4-8-25-20/h3-8,14,16-17,20,24H,9-13H2,1-2H3. The van der Waals surface area contributed by atoms with Gasteiger partial charge in [-0.15, -0.1) is 0 Å². The van der Waals surface area contributed by atoms with Crippen LogP contribution >= 0.6 is 0 Å². The largest absolute Gasteiger partial charge is 0.365 e. The lowest BCUT2D eigenvalue weighted by molar-refractivity contribution is 0.0775. The van der Waals surface area contributed by atoms with E-state index in [0.717, 1.165) is 44.3 Å². The maximum atomic E-state index is 13.3. The minimum Gasteiger partial charge on any atom is -0.365 e. The number of pyridine rings is 1. The van der Waals surface area contributed by atoms with E-state index in [9.17, 15) is 4.79 Å². The van der Waals surface area contributed by atoms with Crippen molar-refractivity contribution in [3.63, 3.8) is 0 Å². The zero-order chi connectivity index (χ0) is 20.7. The van der Waals surface area contributed by atoms with E-state index in [4.69, 9.17) is 4.99 Å². The van der Waals surface area contributed by atoms with Crippen molar-refractivity contribution in [3.05, 3.63) is 41.9 Å². The normalized spacial score (nSPS) is 30.1. The van der Waals surface area contributed by atoms with Gasteiger partial charge in [0.05, 0.1) is 17.3 Å². The maximum Gasteiger partial charge on any atom is 0.255 e. The molecule has 30 heavy (non-hydrogen) atoms. The summed E-state index contributed by atoms with van der Waals surface area (Å²) < 4.78 is 0. The molecule has 1 aromatic rings. The number of guanidine groups is 1. The molecule has 0 bridgehead atoms. The van der Waals surface area contributed by atoms with Crippen LogP contribution in [0.5, 0.6) is 0 Å². The van der Waals surface area contributed by atoms with E-state index in [1.807, 2.05) is 29.3 Å². The molecule has 5 rings (SSSR count). The Morgan fingerprint density at radius 3 is 2.70 bits per heavy atom. The molecule has 0 radical (unpaired) electrons. The van der Waals surface area contributed by atoms with Gasteiger partial charge in [0.2, 0.25) is 5.96 Å². The van der Waals surface area contributed by atoms with Gasteiger partial charge >= 0.3 is 0 Å². The molecule has 5 heterocycles. The summed E-state index contributed by atoms with van der Waals surface area (Å²) in [5.41, 5.74) is 2.46. The van der Waals surface area contributed by atoms with Crippen molar-refractivity contribution in [2.24, 2.45) is 26.8 Å². The number of rotatable bonds is 2. The van der Waals surface area contributed by atoms with Gasteiger partial charge in [-0.3, -0.25) is 14.8 Å². The molecule has 2 fully saturated rings. The Hall–Kier alpha value is -3.03. The molecule has 4 atom stereocenters. The predicted molar refractivity (Wildman–Crippen MR) is 117 cm³/mol. The predicted octanol–water partition coefficient (Wildman–Crippen LogP) is 1.88. The molecule has 4 unspecified atom stereocenters. The maximum absolute atomic E-state index is 13.3. The van der Waals surface area contributed by atoms with E-state index in [0.29, 0.717) is 29.1 Å². The fraction of sp³-hybridized carbons (Fsp3) is 0.500. The van der Waals surface area contributed by atoms with E-state index in [-0.39, 0.29) is 12.1 Å². The summed E-state index contributed by atoms with van der Waals surface area (Å²) in [6, 6.07) is 3.97. The summed E-state index contributed by atoms with van der Waals surface area (Å²) >= 11 is 0. The second-order valence-electron chi connectivity index (χ2n) is 8.63. The van der Waals surface area contributed by atoms with Crippen molar-refractivity contribution in [2.75, 3.05) is 26.2 Å². The molecule has 4 aliphatic rings. The van der Waals surface area contributed by atoms with Crippen molar-refractivity contribution in [1.82, 2.24) is 20.1 Å². The molecule has 1 aromatic heterocycles. The molecular weight excluding hydrogens is 378 g/mol. The number of likely N-dealkylation sites (tertiary alicyclic amines) is 2. The summed E-state index contributed by atoms with van der Waals surface area (Å²) in [6.07, 6.45) is 7.73. The molecule has 1 N–H and O–H groups in total. The van der Waals surface area contributed by atoms with Crippen LogP contribution in [-0.4, -0.2) is 70.8 Å². The fourth-order valence-electron chi connectivity index (χ4n) is 4.89. The van der Waals surface area contributed by atoms with Crippen molar-refractivity contribution < 1.29 is 4.79 Å². The quantitative estimate of drug-likeness (QED) is 0.814. The third-order valence-corrected chi connectivity index (χ3v) is 6.27.